The largest absolute Gasteiger partial charge is 0.384 e. The maximum absolute atomic E-state index is 12.3. The van der Waals surface area contributed by atoms with Gasteiger partial charge in [-0.3, -0.25) is 9.69 Å². The van der Waals surface area contributed by atoms with E-state index in [1.54, 1.807) is 12.1 Å². The first-order valence-electron chi connectivity index (χ1n) is 8.06. The molecule has 0 aromatic heterocycles. The van der Waals surface area contributed by atoms with Crippen LogP contribution in [-0.4, -0.2) is 24.8 Å². The molecule has 0 bridgehead atoms. The second-order valence-corrected chi connectivity index (χ2v) is 7.66. The number of anilines is 2. The molecule has 1 unspecified atom stereocenters. The smallest absolute Gasteiger partial charge is 0.303 e. The first-order valence-corrected chi connectivity index (χ1v) is 8.44. The molecule has 0 heterocycles. The summed E-state index contributed by atoms with van der Waals surface area (Å²) in [5.74, 6) is 2.27. The number of amides is 1. The highest BCUT2D eigenvalue weighted by molar-refractivity contribution is 6.33. The normalized spacial score (nSPS) is 15.3. The van der Waals surface area contributed by atoms with Gasteiger partial charge in [-0.1, -0.05) is 32.4 Å². The van der Waals surface area contributed by atoms with Crippen molar-refractivity contribution in [3.05, 3.63) is 23.2 Å². The fourth-order valence-electron chi connectivity index (χ4n) is 2.50. The fourth-order valence-corrected chi connectivity index (χ4v) is 2.74. The first-order chi connectivity index (χ1) is 11.3. The number of aldehydes is 1. The van der Waals surface area contributed by atoms with Crippen LogP contribution in [0.25, 0.3) is 0 Å². The lowest BCUT2D eigenvalue weighted by Crippen LogP contribution is -2.48. The van der Waals surface area contributed by atoms with Gasteiger partial charge < -0.3 is 10.1 Å². The number of halogens is 1. The molecule has 2 rings (SSSR count). The van der Waals surface area contributed by atoms with Crippen molar-refractivity contribution in [1.82, 2.24) is 0 Å². The summed E-state index contributed by atoms with van der Waals surface area (Å²) >= 11 is 6.35. The monoisotopic (exact) mass is 346 g/mol. The number of nitrogens with zero attached hydrogens (tertiary/aromatic N) is 1. The second-order valence-electron chi connectivity index (χ2n) is 7.25. The molecule has 0 radical (unpaired) electrons. The third kappa shape index (κ3) is 4.30. The van der Waals surface area contributed by atoms with Crippen LogP contribution in [0.15, 0.2) is 18.2 Å². The average Bonchev–Trinajstić information content (AvgIpc) is 3.33. The van der Waals surface area contributed by atoms with Gasteiger partial charge in [-0.2, -0.15) is 0 Å². The van der Waals surface area contributed by atoms with Gasteiger partial charge in [-0.15, -0.1) is 6.42 Å². The molecule has 24 heavy (non-hydrogen) atoms. The van der Waals surface area contributed by atoms with Crippen molar-refractivity contribution in [3.63, 3.8) is 0 Å². The number of terminal acetylenes is 1. The van der Waals surface area contributed by atoms with E-state index in [2.05, 4.69) is 11.2 Å². The van der Waals surface area contributed by atoms with Crippen LogP contribution in [0, 0.1) is 23.7 Å². The first kappa shape index (κ1) is 18.4. The van der Waals surface area contributed by atoms with Gasteiger partial charge in [-0.25, -0.2) is 0 Å². The molecule has 1 saturated carbocycles. The minimum atomic E-state index is -0.678. The zero-order valence-corrected chi connectivity index (χ0v) is 15.1. The zero-order chi connectivity index (χ0) is 17.9. The highest BCUT2D eigenvalue weighted by Crippen LogP contribution is 2.34. The van der Waals surface area contributed by atoms with Gasteiger partial charge in [0.05, 0.1) is 16.8 Å². The maximum atomic E-state index is 12.3. The van der Waals surface area contributed by atoms with Gasteiger partial charge in [0.15, 0.2) is 0 Å². The molecule has 0 aliphatic heterocycles. The summed E-state index contributed by atoms with van der Waals surface area (Å²) in [5, 5.41) is 3.81. The molecule has 1 amide bonds. The topological polar surface area (TPSA) is 49.4 Å². The van der Waals surface area contributed by atoms with Crippen LogP contribution >= 0.6 is 11.6 Å². The minimum absolute atomic E-state index is 0.455. The number of hydrogen-bond acceptors (Lipinski definition) is 3. The Bertz CT molecular complexity index is 669. The standard InChI is InChI=1S/C19H23ClN2O2/c1-5-18(24)22(17(12-23)19(2,3)4)14-8-9-16(15(20)10-14)21-11-13-6-7-13/h1,8-10,12-13,17,21H,6-7,11H2,2-4H3. The lowest BCUT2D eigenvalue weighted by Gasteiger charge is -2.35. The molecule has 5 heteroatoms. The molecule has 1 aliphatic carbocycles. The van der Waals surface area contributed by atoms with Crippen LogP contribution in [0.5, 0.6) is 0 Å². The summed E-state index contributed by atoms with van der Waals surface area (Å²) < 4.78 is 0. The van der Waals surface area contributed by atoms with E-state index in [4.69, 9.17) is 18.0 Å². The Labute approximate surface area is 148 Å². The lowest BCUT2D eigenvalue weighted by molar-refractivity contribution is -0.118. The van der Waals surface area contributed by atoms with Crippen molar-refractivity contribution in [2.24, 2.45) is 11.3 Å². The minimum Gasteiger partial charge on any atom is -0.384 e. The molecule has 4 nitrogen and oxygen atoms in total. The van der Waals surface area contributed by atoms with Crippen molar-refractivity contribution in [3.8, 4) is 12.3 Å². The summed E-state index contributed by atoms with van der Waals surface area (Å²) in [6.07, 6.45) is 8.55. The van der Waals surface area contributed by atoms with Gasteiger partial charge >= 0.3 is 5.91 Å². The fraction of sp³-hybridized carbons (Fsp3) is 0.474. The van der Waals surface area contributed by atoms with Crippen molar-refractivity contribution < 1.29 is 9.59 Å². The number of carbonyl (C=O) groups excluding carboxylic acids is 2. The molecule has 1 fully saturated rings. The SMILES string of the molecule is C#CC(=O)N(c1ccc(NCC2CC2)c(Cl)c1)C(C=O)C(C)(C)C. The molecular formula is C19H23ClN2O2. The van der Waals surface area contributed by atoms with Crippen molar-refractivity contribution in [2.45, 2.75) is 39.7 Å². The Hall–Kier alpha value is -1.99. The van der Waals surface area contributed by atoms with E-state index in [1.165, 1.54) is 17.7 Å². The number of rotatable bonds is 6. The number of nitrogens with one attached hydrogen (secondary N) is 1. The predicted molar refractivity (Wildman–Crippen MR) is 98.3 cm³/mol. The van der Waals surface area contributed by atoms with Crippen molar-refractivity contribution in [2.75, 3.05) is 16.8 Å². The third-order valence-electron chi connectivity index (χ3n) is 4.15. The molecule has 0 spiro atoms. The molecule has 1 aliphatic rings. The van der Waals surface area contributed by atoms with Gasteiger partial charge in [0.1, 0.15) is 6.29 Å². The summed E-state index contributed by atoms with van der Waals surface area (Å²) in [6, 6.07) is 4.58. The Balaban J connectivity index is 2.32. The number of hydrogen-bond donors (Lipinski definition) is 1. The third-order valence-corrected chi connectivity index (χ3v) is 4.46. The van der Waals surface area contributed by atoms with E-state index in [9.17, 15) is 9.59 Å². The Kier molecular flexibility index (Phi) is 5.56. The highest BCUT2D eigenvalue weighted by Gasteiger charge is 2.34. The van der Waals surface area contributed by atoms with Crippen LogP contribution in [0.1, 0.15) is 33.6 Å². The molecule has 1 atom stereocenters. The van der Waals surface area contributed by atoms with E-state index in [1.807, 2.05) is 26.8 Å². The van der Waals surface area contributed by atoms with Gasteiger partial charge in [0, 0.05) is 12.2 Å². The van der Waals surface area contributed by atoms with Crippen LogP contribution in [0.3, 0.4) is 0 Å². The van der Waals surface area contributed by atoms with Crippen LogP contribution in [-0.2, 0) is 9.59 Å². The van der Waals surface area contributed by atoms with E-state index < -0.39 is 17.4 Å². The number of benzene rings is 1. The van der Waals surface area contributed by atoms with E-state index in [0.29, 0.717) is 10.7 Å². The molecule has 1 aromatic carbocycles. The Morgan fingerprint density at radius 2 is 2.17 bits per heavy atom. The second kappa shape index (κ2) is 7.27. The molecule has 0 saturated heterocycles. The summed E-state index contributed by atoms with van der Waals surface area (Å²) in [6.45, 7) is 6.55. The van der Waals surface area contributed by atoms with Crippen molar-refractivity contribution in [1.29, 1.82) is 0 Å². The molecule has 128 valence electrons. The zero-order valence-electron chi connectivity index (χ0n) is 14.3. The molecular weight excluding hydrogens is 324 g/mol. The van der Waals surface area contributed by atoms with Crippen LogP contribution in [0.2, 0.25) is 5.02 Å². The Morgan fingerprint density at radius 3 is 2.62 bits per heavy atom. The summed E-state index contributed by atoms with van der Waals surface area (Å²) in [4.78, 5) is 25.2. The molecule has 1 N–H and O–H groups in total. The summed E-state index contributed by atoms with van der Waals surface area (Å²) in [7, 11) is 0. The maximum Gasteiger partial charge on any atom is 0.303 e. The van der Waals surface area contributed by atoms with Crippen LogP contribution < -0.4 is 10.2 Å². The Morgan fingerprint density at radius 1 is 1.50 bits per heavy atom. The van der Waals surface area contributed by atoms with Gasteiger partial charge in [-0.05, 0) is 48.3 Å². The van der Waals surface area contributed by atoms with E-state index >= 15 is 0 Å². The average molecular weight is 347 g/mol. The van der Waals surface area contributed by atoms with E-state index in [-0.39, 0.29) is 0 Å². The van der Waals surface area contributed by atoms with E-state index in [0.717, 1.165) is 24.4 Å². The summed E-state index contributed by atoms with van der Waals surface area (Å²) in [5.41, 5.74) is 0.884. The molecule has 1 aromatic rings. The quantitative estimate of drug-likeness (QED) is 0.630. The predicted octanol–water partition coefficient (Wildman–Crippen LogP) is 3.74. The number of carbonyl (C=O) groups is 2. The van der Waals surface area contributed by atoms with Gasteiger partial charge in [0.2, 0.25) is 0 Å². The highest BCUT2D eigenvalue weighted by atomic mass is 35.5. The lowest BCUT2D eigenvalue weighted by atomic mass is 9.86. The van der Waals surface area contributed by atoms with Crippen LogP contribution in [0.4, 0.5) is 11.4 Å². The van der Waals surface area contributed by atoms with Crippen molar-refractivity contribution >= 4 is 35.2 Å². The van der Waals surface area contributed by atoms with Gasteiger partial charge in [0.25, 0.3) is 0 Å².